The zero-order valence-corrected chi connectivity index (χ0v) is 19.9. The molecule has 0 fully saturated rings. The van der Waals surface area contributed by atoms with Gasteiger partial charge in [-0.15, -0.1) is 28.3 Å². The van der Waals surface area contributed by atoms with E-state index in [-0.39, 0.29) is 21.9 Å². The average Bonchev–Trinajstić information content (AvgIpc) is 2.96. The highest BCUT2D eigenvalue weighted by molar-refractivity contribution is 9.10. The normalized spacial score (nSPS) is 12.3. The number of rotatable bonds is 4. The molecule has 0 atom stereocenters. The molecular formula is C18H19Br2N3O2S2. The van der Waals surface area contributed by atoms with Crippen LogP contribution >= 0.6 is 44.2 Å². The third kappa shape index (κ3) is 4.60. The minimum Gasteiger partial charge on any atom is -0.320 e. The lowest BCUT2D eigenvalue weighted by Gasteiger charge is -2.13. The third-order valence-electron chi connectivity index (χ3n) is 3.90. The third-order valence-corrected chi connectivity index (χ3v) is 7.32. The van der Waals surface area contributed by atoms with Crippen molar-refractivity contribution in [3.05, 3.63) is 63.2 Å². The molecule has 0 radical (unpaired) electrons. The quantitative estimate of drug-likeness (QED) is 0.494. The van der Waals surface area contributed by atoms with Crippen molar-refractivity contribution in [2.45, 2.75) is 4.90 Å². The standard InChI is InChI=1S/C18H18BrN3O2S2.BrH/c1-21(2)26(23,24)14-9-10-16(19)15(11-14)17-12-25-18(22(17)3)20-13-7-5-4-6-8-13;/h4-12H,1-3H3;1H/b20-18+;. The van der Waals surface area contributed by atoms with E-state index in [0.29, 0.717) is 0 Å². The maximum Gasteiger partial charge on any atom is 0.242 e. The molecule has 0 unspecified atom stereocenters. The van der Waals surface area contributed by atoms with Gasteiger partial charge in [0, 0.05) is 36.6 Å². The van der Waals surface area contributed by atoms with E-state index >= 15 is 0 Å². The van der Waals surface area contributed by atoms with Crippen LogP contribution in [0.5, 0.6) is 0 Å². The maximum atomic E-state index is 12.4. The van der Waals surface area contributed by atoms with E-state index in [4.69, 9.17) is 0 Å². The van der Waals surface area contributed by atoms with Crippen LogP contribution in [0.15, 0.2) is 68.3 Å². The first-order chi connectivity index (χ1) is 12.3. The molecular weight excluding hydrogens is 514 g/mol. The molecule has 0 saturated carbocycles. The highest BCUT2D eigenvalue weighted by Crippen LogP contribution is 2.31. The lowest BCUT2D eigenvalue weighted by molar-refractivity contribution is 0.521. The first-order valence-corrected chi connectivity index (χ1v) is 10.9. The molecule has 0 aliphatic carbocycles. The van der Waals surface area contributed by atoms with Crippen molar-refractivity contribution in [1.82, 2.24) is 8.87 Å². The van der Waals surface area contributed by atoms with E-state index < -0.39 is 10.0 Å². The largest absolute Gasteiger partial charge is 0.320 e. The number of hydrogen-bond acceptors (Lipinski definition) is 4. The van der Waals surface area contributed by atoms with Crippen LogP contribution < -0.4 is 4.80 Å². The molecule has 0 aliphatic heterocycles. The van der Waals surface area contributed by atoms with Gasteiger partial charge in [-0.2, -0.15) is 0 Å². The first-order valence-electron chi connectivity index (χ1n) is 7.77. The highest BCUT2D eigenvalue weighted by Gasteiger charge is 2.19. The molecule has 0 amide bonds. The lowest BCUT2D eigenvalue weighted by Crippen LogP contribution is -2.22. The Morgan fingerprint density at radius 2 is 1.78 bits per heavy atom. The van der Waals surface area contributed by atoms with Gasteiger partial charge in [-0.3, -0.25) is 0 Å². The van der Waals surface area contributed by atoms with Crippen molar-refractivity contribution in [3.8, 4) is 11.3 Å². The van der Waals surface area contributed by atoms with Crippen LogP contribution in [0, 0.1) is 0 Å². The van der Waals surface area contributed by atoms with Crippen LogP contribution in [-0.2, 0) is 17.1 Å². The van der Waals surface area contributed by atoms with Crippen molar-refractivity contribution < 1.29 is 8.42 Å². The van der Waals surface area contributed by atoms with Crippen molar-refractivity contribution in [2.75, 3.05) is 14.1 Å². The van der Waals surface area contributed by atoms with Gasteiger partial charge in [0.15, 0.2) is 4.80 Å². The summed E-state index contributed by atoms with van der Waals surface area (Å²) < 4.78 is 28.9. The fourth-order valence-corrected chi connectivity index (χ4v) is 4.69. The molecule has 9 heteroatoms. The second kappa shape index (κ2) is 8.83. The van der Waals surface area contributed by atoms with E-state index in [1.165, 1.54) is 29.7 Å². The van der Waals surface area contributed by atoms with E-state index in [1.807, 2.05) is 47.3 Å². The maximum absolute atomic E-state index is 12.4. The summed E-state index contributed by atoms with van der Waals surface area (Å²) in [6.07, 6.45) is 0. The number of thiazole rings is 1. The van der Waals surface area contributed by atoms with Crippen LogP contribution in [0.3, 0.4) is 0 Å². The predicted molar refractivity (Wildman–Crippen MR) is 119 cm³/mol. The second-order valence-corrected chi connectivity index (χ2v) is 9.68. The molecule has 0 spiro atoms. The monoisotopic (exact) mass is 531 g/mol. The summed E-state index contributed by atoms with van der Waals surface area (Å²) >= 11 is 5.04. The molecule has 0 N–H and O–H groups in total. The Bertz CT molecular complexity index is 1110. The molecule has 3 rings (SSSR count). The second-order valence-electron chi connectivity index (χ2n) is 5.84. The Morgan fingerprint density at radius 3 is 2.41 bits per heavy atom. The summed E-state index contributed by atoms with van der Waals surface area (Å²) in [5.41, 5.74) is 2.58. The summed E-state index contributed by atoms with van der Waals surface area (Å²) in [4.78, 5) is 5.75. The molecule has 1 aromatic heterocycles. The van der Waals surface area contributed by atoms with Gasteiger partial charge in [-0.25, -0.2) is 17.7 Å². The van der Waals surface area contributed by atoms with Crippen molar-refractivity contribution >= 4 is 60.0 Å². The Kier molecular flexibility index (Phi) is 7.20. The number of halogens is 2. The molecule has 3 aromatic rings. The first kappa shape index (κ1) is 22.0. The summed E-state index contributed by atoms with van der Waals surface area (Å²) in [5, 5.41) is 1.98. The van der Waals surface area contributed by atoms with Crippen molar-refractivity contribution in [2.24, 2.45) is 12.0 Å². The zero-order chi connectivity index (χ0) is 18.9. The zero-order valence-electron chi connectivity index (χ0n) is 15.0. The number of nitrogens with zero attached hydrogens (tertiary/aromatic N) is 3. The summed E-state index contributed by atoms with van der Waals surface area (Å²) in [5.74, 6) is 0. The topological polar surface area (TPSA) is 54.7 Å². The Balaban J connectivity index is 0.00000261. The SMILES string of the molecule is Br.CN(C)S(=O)(=O)c1ccc(Br)c(-c2cs/c(=N/c3ccccc3)n2C)c1. The molecule has 27 heavy (non-hydrogen) atoms. The highest BCUT2D eigenvalue weighted by atomic mass is 79.9. The van der Waals surface area contributed by atoms with Gasteiger partial charge in [0.1, 0.15) is 0 Å². The number of aromatic nitrogens is 1. The van der Waals surface area contributed by atoms with Gasteiger partial charge >= 0.3 is 0 Å². The van der Waals surface area contributed by atoms with E-state index in [1.54, 1.807) is 18.2 Å². The number of sulfonamides is 1. The van der Waals surface area contributed by atoms with Crippen molar-refractivity contribution in [3.63, 3.8) is 0 Å². The molecule has 0 aliphatic rings. The smallest absolute Gasteiger partial charge is 0.242 e. The number of hydrogen-bond donors (Lipinski definition) is 0. The summed E-state index contributed by atoms with van der Waals surface area (Å²) in [6.45, 7) is 0. The van der Waals surface area contributed by atoms with E-state index in [0.717, 1.165) is 26.2 Å². The fourth-order valence-electron chi connectivity index (χ4n) is 2.40. The molecule has 0 bridgehead atoms. The van der Waals surface area contributed by atoms with E-state index in [9.17, 15) is 8.42 Å². The number of para-hydroxylation sites is 1. The molecule has 144 valence electrons. The average molecular weight is 533 g/mol. The lowest BCUT2D eigenvalue weighted by atomic mass is 10.2. The van der Waals surface area contributed by atoms with Crippen LogP contribution in [0.1, 0.15) is 0 Å². The van der Waals surface area contributed by atoms with E-state index in [2.05, 4.69) is 20.9 Å². The van der Waals surface area contributed by atoms with Gasteiger partial charge in [-0.05, 0) is 30.3 Å². The fraction of sp³-hybridized carbons (Fsp3) is 0.167. The van der Waals surface area contributed by atoms with Crippen molar-refractivity contribution in [1.29, 1.82) is 0 Å². The molecule has 5 nitrogen and oxygen atoms in total. The number of benzene rings is 2. The van der Waals surface area contributed by atoms with Gasteiger partial charge in [0.25, 0.3) is 0 Å². The Labute approximate surface area is 182 Å². The molecule has 0 saturated heterocycles. The van der Waals surface area contributed by atoms with Gasteiger partial charge in [0.05, 0.1) is 16.3 Å². The summed E-state index contributed by atoms with van der Waals surface area (Å²) in [7, 11) is 1.48. The predicted octanol–water partition coefficient (Wildman–Crippen LogP) is 4.58. The van der Waals surface area contributed by atoms with Gasteiger partial charge in [0.2, 0.25) is 10.0 Å². The van der Waals surface area contributed by atoms with Gasteiger partial charge < -0.3 is 4.57 Å². The van der Waals surface area contributed by atoms with Crippen LogP contribution in [0.4, 0.5) is 5.69 Å². The Hall–Kier alpha value is -1.26. The molecule has 2 aromatic carbocycles. The minimum atomic E-state index is -3.50. The van der Waals surface area contributed by atoms with Crippen LogP contribution in [-0.4, -0.2) is 31.4 Å². The summed E-state index contributed by atoms with van der Waals surface area (Å²) in [6, 6.07) is 14.8. The van der Waals surface area contributed by atoms with Gasteiger partial charge in [-0.1, -0.05) is 34.1 Å². The molecule has 1 heterocycles. The van der Waals surface area contributed by atoms with Crippen LogP contribution in [0.2, 0.25) is 0 Å². The minimum absolute atomic E-state index is 0. The van der Waals surface area contributed by atoms with Crippen LogP contribution in [0.25, 0.3) is 11.3 Å². The Morgan fingerprint density at radius 1 is 1.11 bits per heavy atom.